The first-order chi connectivity index (χ1) is 8.53. The molecule has 0 heterocycles. The van der Waals surface area contributed by atoms with Crippen molar-refractivity contribution in [2.75, 3.05) is 0 Å². The minimum atomic E-state index is -2.97. The third kappa shape index (κ3) is 2.36. The number of benzene rings is 1. The fraction of sp³-hybridized carbons (Fsp3) is 0.222. The minimum Gasteiger partial charge on any atom is -0.504 e. The van der Waals surface area contributed by atoms with E-state index in [4.69, 9.17) is 16.3 Å². The molecule has 1 aromatic carbocycles. The fourth-order valence-corrected chi connectivity index (χ4v) is 0.813. The van der Waals surface area contributed by atoms with Crippen LogP contribution in [0.1, 0.15) is 17.2 Å². The maximum absolute atomic E-state index is 10.7. The number of carbonyl (C=O) groups is 1. The lowest BCUT2D eigenvalue weighted by Crippen LogP contribution is -2.36. The van der Waals surface area contributed by atoms with Crippen LogP contribution in [0.3, 0.4) is 0 Å². The highest BCUT2D eigenvalue weighted by Crippen LogP contribution is 2.28. The predicted octanol–water partition coefficient (Wildman–Crippen LogP) is -0.457. The summed E-state index contributed by atoms with van der Waals surface area (Å²) in [6, 6.07) is -5.74. The lowest BCUT2D eigenvalue weighted by Gasteiger charge is -2.15. The standard InChI is InChI=1S/C9H11NO5/c10-7(9(14)15)8(13)4-1-2-5(11)6(12)3-4/h1-3,7-8,11-13H,10H2,(H,14,15)/i1D,2D,3D,7D. The second kappa shape index (κ2) is 4.16. The Labute approximate surface area is 90.8 Å². The molecule has 0 spiro atoms. The molecule has 0 saturated heterocycles. The molecule has 0 radical (unpaired) electrons. The third-order valence-corrected chi connectivity index (χ3v) is 1.61. The van der Waals surface area contributed by atoms with Gasteiger partial charge in [0.2, 0.25) is 0 Å². The van der Waals surface area contributed by atoms with Crippen molar-refractivity contribution in [2.24, 2.45) is 5.73 Å². The first kappa shape index (κ1) is 6.65. The van der Waals surface area contributed by atoms with Gasteiger partial charge in [-0.2, -0.15) is 0 Å². The Morgan fingerprint density at radius 1 is 1.47 bits per heavy atom. The van der Waals surface area contributed by atoms with E-state index in [-0.39, 0.29) is 0 Å². The zero-order valence-electron chi connectivity index (χ0n) is 11.4. The van der Waals surface area contributed by atoms with E-state index in [1.54, 1.807) is 0 Å². The summed E-state index contributed by atoms with van der Waals surface area (Å²) in [5.74, 6) is -4.07. The van der Waals surface area contributed by atoms with E-state index in [0.717, 1.165) is 0 Å². The van der Waals surface area contributed by atoms with Crippen LogP contribution in [-0.4, -0.2) is 32.4 Å². The number of aliphatic hydroxyl groups excluding tert-OH is 1. The molecule has 0 aliphatic carbocycles. The molecule has 0 aliphatic rings. The number of carboxylic acids is 1. The molecule has 0 bridgehead atoms. The zero-order chi connectivity index (χ0) is 15.1. The highest BCUT2D eigenvalue weighted by Gasteiger charge is 2.24. The highest BCUT2D eigenvalue weighted by molar-refractivity contribution is 5.74. The fourth-order valence-electron chi connectivity index (χ4n) is 0.813. The Morgan fingerprint density at radius 3 is 2.60 bits per heavy atom. The molecule has 0 aliphatic heterocycles. The normalized spacial score (nSPS) is 20.4. The summed E-state index contributed by atoms with van der Waals surface area (Å²) in [6.45, 7) is 0. The summed E-state index contributed by atoms with van der Waals surface area (Å²) in [5, 5.41) is 37.0. The van der Waals surface area contributed by atoms with E-state index >= 15 is 0 Å². The molecule has 2 unspecified atom stereocenters. The number of phenolic OH excluding ortho intramolecular Hbond substituents is 2. The molecule has 6 N–H and O–H groups in total. The van der Waals surface area contributed by atoms with Crippen LogP contribution in [-0.2, 0) is 4.79 Å². The molecule has 82 valence electrons. The van der Waals surface area contributed by atoms with Gasteiger partial charge in [0.15, 0.2) is 11.5 Å². The van der Waals surface area contributed by atoms with Crippen LogP contribution in [0.2, 0.25) is 0 Å². The molecule has 6 nitrogen and oxygen atoms in total. The smallest absolute Gasteiger partial charge is 0.323 e. The maximum Gasteiger partial charge on any atom is 0.323 e. The van der Waals surface area contributed by atoms with Crippen LogP contribution >= 0.6 is 0 Å². The number of hydrogen-bond acceptors (Lipinski definition) is 5. The Bertz CT molecular complexity index is 519. The SMILES string of the molecule is [2H]c1c([2H])c(C(O)C([2H])(N)C(=O)O)c([2H])c(O)c1O. The summed E-state index contributed by atoms with van der Waals surface area (Å²) >= 11 is 0. The Kier molecular flexibility index (Phi) is 1.84. The Balaban J connectivity index is 3.57. The summed E-state index contributed by atoms with van der Waals surface area (Å²) in [4.78, 5) is 10.7. The average molecular weight is 217 g/mol. The molecule has 2 atom stereocenters. The second-order valence-corrected chi connectivity index (χ2v) is 2.65. The van der Waals surface area contributed by atoms with Crippen LogP contribution in [0.25, 0.3) is 0 Å². The minimum absolute atomic E-state index is 0.819. The summed E-state index contributed by atoms with van der Waals surface area (Å²) < 4.78 is 29.4. The van der Waals surface area contributed by atoms with E-state index in [2.05, 4.69) is 0 Å². The van der Waals surface area contributed by atoms with Crippen molar-refractivity contribution in [3.8, 4) is 11.5 Å². The predicted molar refractivity (Wildman–Crippen MR) is 50.3 cm³/mol. The third-order valence-electron chi connectivity index (χ3n) is 1.61. The van der Waals surface area contributed by atoms with Gasteiger partial charge in [-0.15, -0.1) is 0 Å². The molecule has 0 fully saturated rings. The number of rotatable bonds is 3. The molecule has 6 heteroatoms. The van der Waals surface area contributed by atoms with Crippen molar-refractivity contribution < 1.29 is 30.7 Å². The van der Waals surface area contributed by atoms with Crippen molar-refractivity contribution >= 4 is 5.97 Å². The van der Waals surface area contributed by atoms with E-state index in [9.17, 15) is 20.1 Å². The van der Waals surface area contributed by atoms with Gasteiger partial charge in [-0.3, -0.25) is 4.79 Å². The molecule has 1 rings (SSSR count). The number of aromatic hydroxyl groups is 2. The van der Waals surface area contributed by atoms with Gasteiger partial charge in [-0.1, -0.05) is 6.04 Å². The monoisotopic (exact) mass is 217 g/mol. The van der Waals surface area contributed by atoms with Crippen molar-refractivity contribution in [3.63, 3.8) is 0 Å². The van der Waals surface area contributed by atoms with Gasteiger partial charge in [0.05, 0.1) is 5.48 Å². The lowest BCUT2D eigenvalue weighted by atomic mass is 10.0. The van der Waals surface area contributed by atoms with Gasteiger partial charge >= 0.3 is 5.97 Å². The maximum atomic E-state index is 10.7. The van der Waals surface area contributed by atoms with E-state index in [1.807, 2.05) is 0 Å². The highest BCUT2D eigenvalue weighted by atomic mass is 16.4. The average Bonchev–Trinajstić information content (AvgIpc) is 2.33. The number of carboxylic acid groups (broad SMARTS) is 1. The van der Waals surface area contributed by atoms with Gasteiger partial charge in [0.1, 0.15) is 12.1 Å². The summed E-state index contributed by atoms with van der Waals surface area (Å²) in [6.07, 6.45) is -2.33. The number of phenols is 2. The van der Waals surface area contributed by atoms with Crippen LogP contribution in [0.15, 0.2) is 18.1 Å². The largest absolute Gasteiger partial charge is 0.504 e. The van der Waals surface area contributed by atoms with Gasteiger partial charge in [-0.25, -0.2) is 0 Å². The molecular formula is C9H11NO5. The molecular weight excluding hydrogens is 202 g/mol. The molecule has 15 heavy (non-hydrogen) atoms. The van der Waals surface area contributed by atoms with Gasteiger partial charge in [0.25, 0.3) is 0 Å². The number of aliphatic hydroxyl groups is 1. The van der Waals surface area contributed by atoms with E-state index in [1.165, 1.54) is 0 Å². The zero-order valence-corrected chi connectivity index (χ0v) is 7.35. The van der Waals surface area contributed by atoms with Crippen LogP contribution in [0.5, 0.6) is 11.5 Å². The quantitative estimate of drug-likeness (QED) is 0.436. The van der Waals surface area contributed by atoms with Gasteiger partial charge in [0, 0.05) is 0 Å². The molecule has 0 aromatic heterocycles. The van der Waals surface area contributed by atoms with Gasteiger partial charge < -0.3 is 26.2 Å². The number of nitrogens with two attached hydrogens (primary N) is 1. The van der Waals surface area contributed by atoms with E-state index in [0.29, 0.717) is 0 Å². The Morgan fingerprint density at radius 2 is 2.07 bits per heavy atom. The summed E-state index contributed by atoms with van der Waals surface area (Å²) in [5.41, 5.74) is 4.24. The van der Waals surface area contributed by atoms with Crippen molar-refractivity contribution in [3.05, 3.63) is 23.7 Å². The van der Waals surface area contributed by atoms with Crippen molar-refractivity contribution in [2.45, 2.75) is 12.1 Å². The molecule has 0 saturated carbocycles. The second-order valence-electron chi connectivity index (χ2n) is 2.65. The van der Waals surface area contributed by atoms with E-state index < -0.39 is 53.3 Å². The van der Waals surface area contributed by atoms with Crippen molar-refractivity contribution in [1.29, 1.82) is 0 Å². The lowest BCUT2D eigenvalue weighted by molar-refractivity contribution is -0.141. The topological polar surface area (TPSA) is 124 Å². The van der Waals surface area contributed by atoms with Gasteiger partial charge in [-0.05, 0) is 17.6 Å². The first-order valence-electron chi connectivity index (χ1n) is 5.75. The van der Waals surface area contributed by atoms with Crippen LogP contribution in [0.4, 0.5) is 0 Å². The number of aliphatic carboxylic acids is 1. The molecule has 0 amide bonds. The van der Waals surface area contributed by atoms with Crippen LogP contribution in [0, 0.1) is 0 Å². The number of hydrogen-bond donors (Lipinski definition) is 5. The molecule has 1 aromatic rings. The van der Waals surface area contributed by atoms with Crippen molar-refractivity contribution in [1.82, 2.24) is 0 Å². The summed E-state index contributed by atoms with van der Waals surface area (Å²) in [7, 11) is 0. The van der Waals surface area contributed by atoms with Crippen LogP contribution < -0.4 is 5.73 Å². The first-order valence-corrected chi connectivity index (χ1v) is 3.75. The Hall–Kier alpha value is -1.79.